The summed E-state index contributed by atoms with van der Waals surface area (Å²) >= 11 is 8.85. The van der Waals surface area contributed by atoms with Crippen molar-refractivity contribution in [3.63, 3.8) is 0 Å². The minimum atomic E-state index is -1.02. The van der Waals surface area contributed by atoms with Crippen molar-refractivity contribution in [3.8, 4) is 0 Å². The Balaban J connectivity index is 3.43. The molecular formula is C8H6BrClO2. The quantitative estimate of drug-likeness (QED) is 0.830. The van der Waals surface area contributed by atoms with Crippen LogP contribution in [0.25, 0.3) is 0 Å². The fourth-order valence-electron chi connectivity index (χ4n) is 0.853. The van der Waals surface area contributed by atoms with Crippen LogP contribution in [0.4, 0.5) is 0 Å². The number of rotatable bonds is 1. The fraction of sp³-hybridized carbons (Fsp3) is 0.125. The number of carbonyl (C=O) groups is 1. The first-order valence-corrected chi connectivity index (χ1v) is 4.39. The van der Waals surface area contributed by atoms with Gasteiger partial charge in [-0.05, 0) is 34.5 Å². The molecule has 0 atom stereocenters. The molecule has 0 bridgehead atoms. The number of halogens is 2. The maximum absolute atomic E-state index is 10.7. The number of carboxylic acids is 1. The van der Waals surface area contributed by atoms with Crippen LogP contribution >= 0.6 is 27.5 Å². The Morgan fingerprint density at radius 2 is 2.17 bits per heavy atom. The summed E-state index contributed by atoms with van der Waals surface area (Å²) in [5.74, 6) is -1.02. The molecule has 0 fully saturated rings. The molecule has 64 valence electrons. The molecule has 0 heterocycles. The van der Waals surface area contributed by atoms with Crippen molar-refractivity contribution in [1.29, 1.82) is 0 Å². The van der Waals surface area contributed by atoms with E-state index in [-0.39, 0.29) is 10.6 Å². The molecule has 0 aliphatic rings. The van der Waals surface area contributed by atoms with Crippen LogP contribution in [0.5, 0.6) is 0 Å². The summed E-state index contributed by atoms with van der Waals surface area (Å²) in [5, 5.41) is 9.01. The molecule has 0 saturated carbocycles. The summed E-state index contributed by atoms with van der Waals surface area (Å²) in [4.78, 5) is 10.7. The first kappa shape index (κ1) is 9.55. The molecule has 1 aromatic rings. The number of carboxylic acid groups (broad SMARTS) is 1. The fourth-order valence-corrected chi connectivity index (χ4v) is 1.72. The Kier molecular flexibility index (Phi) is 2.75. The van der Waals surface area contributed by atoms with E-state index in [0.717, 1.165) is 5.56 Å². The summed E-state index contributed by atoms with van der Waals surface area (Å²) in [6.45, 7) is 1.81. The minimum Gasteiger partial charge on any atom is -0.478 e. The normalized spacial score (nSPS) is 9.92. The van der Waals surface area contributed by atoms with Crippen molar-refractivity contribution < 1.29 is 9.90 Å². The number of benzene rings is 1. The van der Waals surface area contributed by atoms with Crippen molar-refractivity contribution in [2.24, 2.45) is 0 Å². The predicted octanol–water partition coefficient (Wildman–Crippen LogP) is 3.11. The van der Waals surface area contributed by atoms with E-state index in [1.165, 1.54) is 0 Å². The Labute approximate surface area is 83.3 Å². The van der Waals surface area contributed by atoms with E-state index >= 15 is 0 Å². The zero-order valence-electron chi connectivity index (χ0n) is 6.27. The maximum atomic E-state index is 10.7. The molecule has 4 heteroatoms. The van der Waals surface area contributed by atoms with Gasteiger partial charge in [-0.15, -0.1) is 0 Å². The van der Waals surface area contributed by atoms with Gasteiger partial charge in [0.25, 0.3) is 0 Å². The highest BCUT2D eigenvalue weighted by molar-refractivity contribution is 9.10. The van der Waals surface area contributed by atoms with Crippen LogP contribution in [0.2, 0.25) is 5.02 Å². The van der Waals surface area contributed by atoms with E-state index in [2.05, 4.69) is 15.9 Å². The maximum Gasteiger partial charge on any atom is 0.338 e. The van der Waals surface area contributed by atoms with Crippen molar-refractivity contribution in [3.05, 3.63) is 32.8 Å². The molecule has 0 spiro atoms. The lowest BCUT2D eigenvalue weighted by Crippen LogP contribution is -1.99. The van der Waals surface area contributed by atoms with Gasteiger partial charge in [0.05, 0.1) is 10.6 Å². The lowest BCUT2D eigenvalue weighted by atomic mass is 10.1. The average molecular weight is 249 g/mol. The van der Waals surface area contributed by atoms with Crippen LogP contribution in [0, 0.1) is 6.92 Å². The van der Waals surface area contributed by atoms with E-state index in [4.69, 9.17) is 16.7 Å². The molecule has 0 aromatic heterocycles. The van der Waals surface area contributed by atoms with E-state index in [1.807, 2.05) is 6.92 Å². The molecular weight excluding hydrogens is 243 g/mol. The summed E-state index contributed by atoms with van der Waals surface area (Å²) in [5.41, 5.74) is 0.980. The van der Waals surface area contributed by atoms with Crippen LogP contribution in [-0.2, 0) is 0 Å². The van der Waals surface area contributed by atoms with Crippen molar-refractivity contribution >= 4 is 33.5 Å². The molecule has 0 unspecified atom stereocenters. The first-order chi connectivity index (χ1) is 5.54. The van der Waals surface area contributed by atoms with Gasteiger partial charge < -0.3 is 5.11 Å². The molecule has 0 aliphatic heterocycles. The Hall–Kier alpha value is -0.540. The second kappa shape index (κ2) is 3.46. The summed E-state index contributed by atoms with van der Waals surface area (Å²) in [6.07, 6.45) is 0. The second-order valence-electron chi connectivity index (χ2n) is 2.36. The molecule has 1 aromatic carbocycles. The first-order valence-electron chi connectivity index (χ1n) is 3.22. The lowest BCUT2D eigenvalue weighted by Gasteiger charge is -2.04. The number of hydrogen-bond donors (Lipinski definition) is 1. The van der Waals surface area contributed by atoms with Crippen molar-refractivity contribution in [2.45, 2.75) is 6.92 Å². The predicted molar refractivity (Wildman–Crippen MR) is 50.8 cm³/mol. The minimum absolute atomic E-state index is 0.122. The van der Waals surface area contributed by atoms with Crippen LogP contribution in [0.3, 0.4) is 0 Å². The van der Waals surface area contributed by atoms with Crippen LogP contribution in [0.1, 0.15) is 15.9 Å². The van der Waals surface area contributed by atoms with E-state index in [9.17, 15) is 4.79 Å². The van der Waals surface area contributed by atoms with Gasteiger partial charge in [0, 0.05) is 4.47 Å². The average Bonchev–Trinajstić information content (AvgIpc) is 1.97. The van der Waals surface area contributed by atoms with Gasteiger partial charge in [0.2, 0.25) is 0 Å². The van der Waals surface area contributed by atoms with Gasteiger partial charge in [0.15, 0.2) is 0 Å². The Morgan fingerprint density at radius 3 is 2.58 bits per heavy atom. The third-order valence-corrected chi connectivity index (χ3v) is 2.83. The third kappa shape index (κ3) is 1.62. The van der Waals surface area contributed by atoms with E-state index in [1.54, 1.807) is 12.1 Å². The lowest BCUT2D eigenvalue weighted by molar-refractivity contribution is 0.0696. The van der Waals surface area contributed by atoms with Crippen LogP contribution in [0.15, 0.2) is 16.6 Å². The number of aromatic carboxylic acids is 1. The van der Waals surface area contributed by atoms with E-state index in [0.29, 0.717) is 4.47 Å². The van der Waals surface area contributed by atoms with Gasteiger partial charge in [0.1, 0.15) is 0 Å². The Bertz CT molecular complexity index is 336. The number of aryl methyl sites for hydroxylation is 1. The summed E-state index contributed by atoms with van der Waals surface area (Å²) < 4.78 is 0.544. The standard InChI is InChI=1S/C8H6BrClO2/c1-4-2-3-5(10)6(7(4)9)8(11)12/h2-3H,1H3,(H,11,12). The van der Waals surface area contributed by atoms with Crippen LogP contribution < -0.4 is 0 Å². The van der Waals surface area contributed by atoms with Crippen molar-refractivity contribution in [1.82, 2.24) is 0 Å². The molecule has 2 nitrogen and oxygen atoms in total. The van der Waals surface area contributed by atoms with Gasteiger partial charge in [-0.3, -0.25) is 0 Å². The van der Waals surface area contributed by atoms with Gasteiger partial charge in [-0.2, -0.15) is 0 Å². The third-order valence-electron chi connectivity index (χ3n) is 1.50. The zero-order valence-corrected chi connectivity index (χ0v) is 8.61. The topological polar surface area (TPSA) is 37.3 Å². The van der Waals surface area contributed by atoms with Crippen molar-refractivity contribution in [2.75, 3.05) is 0 Å². The summed E-state index contributed by atoms with van der Waals surface area (Å²) in [6, 6.07) is 3.34. The second-order valence-corrected chi connectivity index (χ2v) is 3.56. The summed E-state index contributed by atoms with van der Waals surface area (Å²) in [7, 11) is 0. The molecule has 0 radical (unpaired) electrons. The Morgan fingerprint density at radius 1 is 1.58 bits per heavy atom. The SMILES string of the molecule is Cc1ccc(Cl)c(C(=O)O)c1Br. The highest BCUT2D eigenvalue weighted by atomic mass is 79.9. The van der Waals surface area contributed by atoms with Gasteiger partial charge >= 0.3 is 5.97 Å². The molecule has 0 amide bonds. The smallest absolute Gasteiger partial charge is 0.338 e. The molecule has 0 saturated heterocycles. The molecule has 1 N–H and O–H groups in total. The van der Waals surface area contributed by atoms with Gasteiger partial charge in [-0.25, -0.2) is 4.79 Å². The monoisotopic (exact) mass is 248 g/mol. The molecule has 1 rings (SSSR count). The van der Waals surface area contributed by atoms with Crippen LogP contribution in [-0.4, -0.2) is 11.1 Å². The molecule has 0 aliphatic carbocycles. The highest BCUT2D eigenvalue weighted by Crippen LogP contribution is 2.27. The molecule has 12 heavy (non-hydrogen) atoms. The van der Waals surface area contributed by atoms with E-state index < -0.39 is 5.97 Å². The number of hydrogen-bond acceptors (Lipinski definition) is 1. The zero-order chi connectivity index (χ0) is 9.30. The van der Waals surface area contributed by atoms with Gasteiger partial charge in [-0.1, -0.05) is 17.7 Å². The largest absolute Gasteiger partial charge is 0.478 e. The highest BCUT2D eigenvalue weighted by Gasteiger charge is 2.13.